The number of carbonyl (C=O) groups excluding carboxylic acids is 1. The minimum absolute atomic E-state index is 0.209. The zero-order valence-electron chi connectivity index (χ0n) is 12.1. The first-order chi connectivity index (χ1) is 9.16. The first-order valence-electron chi connectivity index (χ1n) is 7.52. The molecule has 0 aliphatic rings. The number of unbranched alkanes of at least 4 members (excludes halogenated alkanes) is 10. The molecule has 0 aliphatic heterocycles. The lowest BCUT2D eigenvalue weighted by atomic mass is 10.1. The minimum Gasteiger partial charge on any atom is -0.348 e. The number of carbonyl (C=O) groups is 1. The maximum absolute atomic E-state index is 10.9. The van der Waals surface area contributed by atoms with E-state index in [0.717, 1.165) is 19.3 Å². The largest absolute Gasteiger partial charge is 0.348 e. The quantitative estimate of drug-likeness (QED) is 0.415. The summed E-state index contributed by atoms with van der Waals surface area (Å²) in [7, 11) is -3.03. The van der Waals surface area contributed by atoms with Crippen molar-refractivity contribution in [1.29, 1.82) is 0 Å². The number of rotatable bonds is 13. The summed E-state index contributed by atoms with van der Waals surface area (Å²) in [5, 5.41) is 0. The van der Waals surface area contributed by atoms with Gasteiger partial charge in [-0.1, -0.05) is 71.1 Å². The highest BCUT2D eigenvalue weighted by Crippen LogP contribution is 2.12. The summed E-state index contributed by atoms with van der Waals surface area (Å²) in [5.41, 5.74) is 0. The first kappa shape index (κ1) is 18.4. The Balaban J connectivity index is 3.12. The molecule has 0 aliphatic carbocycles. The van der Waals surface area contributed by atoms with Gasteiger partial charge in [0, 0.05) is 6.42 Å². The van der Waals surface area contributed by atoms with E-state index in [4.69, 9.17) is 0 Å². The van der Waals surface area contributed by atoms with Crippen LogP contribution in [0.5, 0.6) is 0 Å². The van der Waals surface area contributed by atoms with Crippen molar-refractivity contribution < 1.29 is 17.4 Å². The predicted molar refractivity (Wildman–Crippen MR) is 77.5 cm³/mol. The summed E-state index contributed by atoms with van der Waals surface area (Å²) >= 11 is 0. The van der Waals surface area contributed by atoms with E-state index in [1.807, 2.05) is 0 Å². The fourth-order valence-electron chi connectivity index (χ4n) is 2.06. The van der Waals surface area contributed by atoms with Gasteiger partial charge in [0.1, 0.15) is 0 Å². The van der Waals surface area contributed by atoms with Gasteiger partial charge in [0.05, 0.1) is 0 Å². The fourth-order valence-corrected chi connectivity index (χ4v) is 2.32. The lowest BCUT2D eigenvalue weighted by Gasteiger charge is -2.02. The molecule has 0 heterocycles. The summed E-state index contributed by atoms with van der Waals surface area (Å²) < 4.78 is 24.3. The fraction of sp³-hybridized carbons (Fsp3) is 0.929. The molecular formula is C14H28O4S. The van der Waals surface area contributed by atoms with E-state index in [1.54, 1.807) is 0 Å². The molecule has 0 amide bonds. The maximum Gasteiger partial charge on any atom is 0.321 e. The van der Waals surface area contributed by atoms with Gasteiger partial charge in [-0.15, -0.1) is 0 Å². The molecular weight excluding hydrogens is 264 g/mol. The van der Waals surface area contributed by atoms with Crippen LogP contribution in [-0.4, -0.2) is 14.4 Å². The van der Waals surface area contributed by atoms with Crippen LogP contribution in [0.15, 0.2) is 0 Å². The highest BCUT2D eigenvalue weighted by molar-refractivity contribution is 7.67. The van der Waals surface area contributed by atoms with Crippen molar-refractivity contribution in [1.82, 2.24) is 0 Å². The lowest BCUT2D eigenvalue weighted by Crippen LogP contribution is -2.02. The molecule has 0 radical (unpaired) electrons. The molecule has 0 saturated heterocycles. The molecule has 0 N–H and O–H groups in total. The van der Waals surface area contributed by atoms with Crippen LogP contribution in [0.25, 0.3) is 0 Å². The highest BCUT2D eigenvalue weighted by atomic mass is 32.2. The van der Waals surface area contributed by atoms with E-state index in [1.165, 1.54) is 51.4 Å². The van der Waals surface area contributed by atoms with Crippen LogP contribution >= 0.6 is 0 Å². The van der Waals surface area contributed by atoms with Gasteiger partial charge in [-0.25, -0.2) is 0 Å². The number of hydrogen-bond acceptors (Lipinski definition) is 4. The molecule has 19 heavy (non-hydrogen) atoms. The first-order valence-corrected chi connectivity index (χ1v) is 8.61. The Kier molecular flexibility index (Phi) is 13.4. The highest BCUT2D eigenvalue weighted by Gasteiger charge is 2.02. The van der Waals surface area contributed by atoms with Crippen molar-refractivity contribution in [2.45, 2.75) is 84.0 Å². The zero-order valence-corrected chi connectivity index (χ0v) is 13.0. The zero-order chi connectivity index (χ0) is 14.3. The SMILES string of the molecule is CCCCCCCCCCCCCC(=O)O[SH](=O)=O. The van der Waals surface area contributed by atoms with Crippen LogP contribution in [0.1, 0.15) is 84.0 Å². The average Bonchev–Trinajstić information content (AvgIpc) is 2.35. The van der Waals surface area contributed by atoms with Gasteiger partial charge in [0.2, 0.25) is 0 Å². The standard InChI is InChI=1S/C14H28O4S/c1-2-3-4-5-6-7-8-9-10-11-12-13-14(15)18-19(16)17/h19H,2-13H2,1H3. The van der Waals surface area contributed by atoms with Crippen LogP contribution in [-0.2, 0) is 20.0 Å². The van der Waals surface area contributed by atoms with Gasteiger partial charge < -0.3 is 4.18 Å². The second-order valence-electron chi connectivity index (χ2n) is 4.97. The molecule has 5 heteroatoms. The van der Waals surface area contributed by atoms with E-state index in [2.05, 4.69) is 11.1 Å². The van der Waals surface area contributed by atoms with Gasteiger partial charge in [0.25, 0.3) is 0 Å². The molecule has 0 rings (SSSR count). The predicted octanol–water partition coefficient (Wildman–Crippen LogP) is 3.76. The normalized spacial score (nSPS) is 10.8. The van der Waals surface area contributed by atoms with E-state index in [0.29, 0.717) is 0 Å². The van der Waals surface area contributed by atoms with Gasteiger partial charge in [-0.05, 0) is 6.42 Å². The topological polar surface area (TPSA) is 60.4 Å². The maximum atomic E-state index is 10.9. The van der Waals surface area contributed by atoms with Crippen LogP contribution in [0.4, 0.5) is 0 Å². The van der Waals surface area contributed by atoms with E-state index < -0.39 is 17.0 Å². The van der Waals surface area contributed by atoms with Crippen molar-refractivity contribution in [3.05, 3.63) is 0 Å². The number of thiol groups is 1. The minimum atomic E-state index is -3.03. The summed E-state index contributed by atoms with van der Waals surface area (Å²) in [5.74, 6) is -0.632. The third kappa shape index (κ3) is 15.4. The van der Waals surface area contributed by atoms with Gasteiger partial charge >= 0.3 is 17.0 Å². The van der Waals surface area contributed by atoms with Crippen LogP contribution < -0.4 is 0 Å². The molecule has 114 valence electrons. The van der Waals surface area contributed by atoms with Crippen molar-refractivity contribution in [3.63, 3.8) is 0 Å². The molecule has 0 bridgehead atoms. The van der Waals surface area contributed by atoms with Gasteiger partial charge in [0.15, 0.2) is 0 Å². The molecule has 0 saturated carbocycles. The average molecular weight is 292 g/mol. The molecule has 0 unspecified atom stereocenters. The Morgan fingerprint density at radius 1 is 0.789 bits per heavy atom. The second kappa shape index (κ2) is 13.8. The summed E-state index contributed by atoms with van der Waals surface area (Å²) in [4.78, 5) is 10.9. The molecule has 0 aromatic carbocycles. The Morgan fingerprint density at radius 2 is 1.21 bits per heavy atom. The van der Waals surface area contributed by atoms with Crippen molar-refractivity contribution in [2.75, 3.05) is 0 Å². The Hall–Kier alpha value is -0.580. The lowest BCUT2D eigenvalue weighted by molar-refractivity contribution is -0.133. The molecule has 0 fully saturated rings. The van der Waals surface area contributed by atoms with E-state index in [-0.39, 0.29) is 6.42 Å². The van der Waals surface area contributed by atoms with Gasteiger partial charge in [-0.3, -0.25) is 4.79 Å². The Labute approximate surface area is 119 Å². The van der Waals surface area contributed by atoms with Crippen molar-refractivity contribution in [2.24, 2.45) is 0 Å². The molecule has 4 nitrogen and oxygen atoms in total. The monoisotopic (exact) mass is 292 g/mol. The van der Waals surface area contributed by atoms with E-state index in [9.17, 15) is 13.2 Å². The molecule has 0 atom stereocenters. The summed E-state index contributed by atoms with van der Waals surface area (Å²) in [6.45, 7) is 2.23. The number of hydrogen-bond donors (Lipinski definition) is 1. The third-order valence-electron chi connectivity index (χ3n) is 3.16. The smallest absolute Gasteiger partial charge is 0.321 e. The second-order valence-corrected chi connectivity index (χ2v) is 5.60. The third-order valence-corrected chi connectivity index (χ3v) is 3.51. The van der Waals surface area contributed by atoms with Crippen LogP contribution in [0, 0.1) is 0 Å². The van der Waals surface area contributed by atoms with Gasteiger partial charge in [-0.2, -0.15) is 8.42 Å². The van der Waals surface area contributed by atoms with Crippen LogP contribution in [0.2, 0.25) is 0 Å². The Morgan fingerprint density at radius 3 is 1.63 bits per heavy atom. The molecule has 0 aromatic rings. The molecule has 0 spiro atoms. The Bertz CT molecular complexity index is 279. The van der Waals surface area contributed by atoms with E-state index >= 15 is 0 Å². The van der Waals surface area contributed by atoms with Crippen molar-refractivity contribution in [3.8, 4) is 0 Å². The summed E-state index contributed by atoms with van der Waals surface area (Å²) in [6, 6.07) is 0. The van der Waals surface area contributed by atoms with Crippen molar-refractivity contribution >= 4 is 17.0 Å². The summed E-state index contributed by atoms with van der Waals surface area (Å²) in [6.07, 6.45) is 13.5. The molecule has 0 aromatic heterocycles. The van der Waals surface area contributed by atoms with Crippen LogP contribution in [0.3, 0.4) is 0 Å².